The summed E-state index contributed by atoms with van der Waals surface area (Å²) in [6.45, 7) is 0. The van der Waals surface area contributed by atoms with E-state index < -0.39 is 0 Å². The molecule has 2 fully saturated rings. The summed E-state index contributed by atoms with van der Waals surface area (Å²) in [4.78, 5) is 21.2. The van der Waals surface area contributed by atoms with Crippen molar-refractivity contribution >= 4 is 34.2 Å². The molecule has 2 heterocycles. The first kappa shape index (κ1) is 18.5. The van der Waals surface area contributed by atoms with Crippen LogP contribution in [0, 0.1) is 23.6 Å². The van der Waals surface area contributed by atoms with E-state index in [1.54, 1.807) is 24.3 Å². The standard InChI is InChI=1S/C23H21ClFN3O/c24-17-1-4-22(27-12-17)28-23(29)16-9-13-7-15(8-14(13)10-16)19-5-6-26-21-3-2-18(25)11-20(19)21/h1-6,11-16H,7-10H2,(H,27,28,29)/t13-,14?,15-,16-/m1/s1. The molecule has 148 valence electrons. The third-order valence-electron chi connectivity index (χ3n) is 6.54. The highest BCUT2D eigenvalue weighted by Crippen LogP contribution is 2.53. The van der Waals surface area contributed by atoms with E-state index in [2.05, 4.69) is 15.3 Å². The lowest BCUT2D eigenvalue weighted by Crippen LogP contribution is -2.22. The van der Waals surface area contributed by atoms with Crippen molar-refractivity contribution < 1.29 is 9.18 Å². The zero-order valence-corrected chi connectivity index (χ0v) is 16.6. The summed E-state index contributed by atoms with van der Waals surface area (Å²) in [6, 6.07) is 10.3. The maximum Gasteiger partial charge on any atom is 0.228 e. The van der Waals surface area contributed by atoms with Crippen molar-refractivity contribution in [3.05, 3.63) is 65.2 Å². The van der Waals surface area contributed by atoms with Gasteiger partial charge < -0.3 is 5.32 Å². The molecule has 2 aliphatic rings. The van der Waals surface area contributed by atoms with Crippen molar-refractivity contribution in [1.82, 2.24) is 9.97 Å². The highest BCUT2D eigenvalue weighted by atomic mass is 35.5. The molecule has 5 rings (SSSR count). The Hall–Kier alpha value is -2.53. The molecule has 1 aromatic carbocycles. The molecule has 0 spiro atoms. The molecular weight excluding hydrogens is 389 g/mol. The summed E-state index contributed by atoms with van der Waals surface area (Å²) >= 11 is 5.85. The van der Waals surface area contributed by atoms with Crippen molar-refractivity contribution in [3.63, 3.8) is 0 Å². The van der Waals surface area contributed by atoms with Gasteiger partial charge in [-0.25, -0.2) is 9.37 Å². The fraction of sp³-hybridized carbons (Fsp3) is 0.348. The first-order chi connectivity index (χ1) is 14.1. The van der Waals surface area contributed by atoms with Gasteiger partial charge in [-0.2, -0.15) is 0 Å². The Labute approximate surface area is 173 Å². The molecular formula is C23H21ClFN3O. The van der Waals surface area contributed by atoms with Gasteiger partial charge in [-0.05, 0) is 85.4 Å². The lowest BCUT2D eigenvalue weighted by molar-refractivity contribution is -0.119. The Bertz CT molecular complexity index is 1060. The summed E-state index contributed by atoms with van der Waals surface area (Å²) < 4.78 is 13.8. The number of nitrogens with one attached hydrogen (secondary N) is 1. The quantitative estimate of drug-likeness (QED) is 0.614. The number of amides is 1. The molecule has 6 heteroatoms. The first-order valence-electron chi connectivity index (χ1n) is 10.0. The topological polar surface area (TPSA) is 54.9 Å². The van der Waals surface area contributed by atoms with Crippen molar-refractivity contribution in [3.8, 4) is 0 Å². The highest BCUT2D eigenvalue weighted by Gasteiger charge is 2.44. The van der Waals surface area contributed by atoms with Crippen LogP contribution in [0.5, 0.6) is 0 Å². The van der Waals surface area contributed by atoms with Crippen LogP contribution in [0.2, 0.25) is 5.02 Å². The van der Waals surface area contributed by atoms with Crippen molar-refractivity contribution in [1.29, 1.82) is 0 Å². The van der Waals surface area contributed by atoms with Crippen LogP contribution >= 0.6 is 11.6 Å². The zero-order valence-electron chi connectivity index (χ0n) is 15.8. The number of aromatic nitrogens is 2. The Morgan fingerprint density at radius 1 is 1.03 bits per heavy atom. The molecule has 3 aromatic rings. The third kappa shape index (κ3) is 3.60. The van der Waals surface area contributed by atoms with Gasteiger partial charge in [0.25, 0.3) is 0 Å². The fourth-order valence-corrected chi connectivity index (χ4v) is 5.37. The van der Waals surface area contributed by atoms with Gasteiger partial charge in [0, 0.05) is 23.7 Å². The minimum Gasteiger partial charge on any atom is -0.310 e. The number of hydrogen-bond acceptors (Lipinski definition) is 3. The molecule has 0 aliphatic heterocycles. The zero-order chi connectivity index (χ0) is 20.0. The van der Waals surface area contributed by atoms with Crippen LogP contribution in [0.15, 0.2) is 48.8 Å². The van der Waals surface area contributed by atoms with E-state index >= 15 is 0 Å². The molecule has 1 N–H and O–H groups in total. The second-order valence-electron chi connectivity index (χ2n) is 8.27. The van der Waals surface area contributed by atoms with Crippen LogP contribution in [0.4, 0.5) is 10.2 Å². The summed E-state index contributed by atoms with van der Waals surface area (Å²) in [5.41, 5.74) is 2.03. The molecule has 0 saturated heterocycles. The molecule has 2 aromatic heterocycles. The lowest BCUT2D eigenvalue weighted by Gasteiger charge is -2.16. The van der Waals surface area contributed by atoms with Gasteiger partial charge in [-0.1, -0.05) is 11.6 Å². The van der Waals surface area contributed by atoms with Crippen LogP contribution in [-0.2, 0) is 4.79 Å². The van der Waals surface area contributed by atoms with Gasteiger partial charge in [0.15, 0.2) is 0 Å². The van der Waals surface area contributed by atoms with E-state index in [4.69, 9.17) is 11.6 Å². The number of carbonyl (C=O) groups is 1. The molecule has 1 amide bonds. The normalized spacial score (nSPS) is 25.9. The van der Waals surface area contributed by atoms with E-state index in [1.165, 1.54) is 17.8 Å². The van der Waals surface area contributed by atoms with Gasteiger partial charge in [0.2, 0.25) is 5.91 Å². The largest absolute Gasteiger partial charge is 0.310 e. The maximum absolute atomic E-state index is 13.8. The van der Waals surface area contributed by atoms with Gasteiger partial charge in [0.1, 0.15) is 11.6 Å². The summed E-state index contributed by atoms with van der Waals surface area (Å²) in [6.07, 6.45) is 7.24. The monoisotopic (exact) mass is 409 g/mol. The average Bonchev–Trinajstić information content (AvgIpc) is 3.28. The van der Waals surface area contributed by atoms with E-state index in [1.807, 2.05) is 12.3 Å². The summed E-state index contributed by atoms with van der Waals surface area (Å²) in [5, 5.41) is 4.38. The molecule has 0 radical (unpaired) electrons. The number of hydrogen-bond donors (Lipinski definition) is 1. The van der Waals surface area contributed by atoms with Gasteiger partial charge in [-0.3, -0.25) is 9.78 Å². The maximum atomic E-state index is 13.8. The fourth-order valence-electron chi connectivity index (χ4n) is 5.26. The number of benzene rings is 1. The predicted octanol–water partition coefficient (Wildman–Crippen LogP) is 5.58. The Morgan fingerprint density at radius 3 is 2.55 bits per heavy atom. The third-order valence-corrected chi connectivity index (χ3v) is 6.77. The SMILES string of the molecule is O=C(Nc1ccc(Cl)cn1)[C@H]1CC2C[C@H](c3ccnc4ccc(F)cc34)C[C@@H]2C1. The molecule has 4 nitrogen and oxygen atoms in total. The van der Waals surface area contributed by atoms with Crippen LogP contribution in [-0.4, -0.2) is 15.9 Å². The number of halogens is 2. The molecule has 0 bridgehead atoms. The van der Waals surface area contributed by atoms with E-state index in [0.29, 0.717) is 28.6 Å². The lowest BCUT2D eigenvalue weighted by atomic mass is 9.90. The van der Waals surface area contributed by atoms with Gasteiger partial charge in [-0.15, -0.1) is 0 Å². The summed E-state index contributed by atoms with van der Waals surface area (Å²) in [7, 11) is 0. The van der Waals surface area contributed by atoms with Gasteiger partial charge in [0.05, 0.1) is 10.5 Å². The number of rotatable bonds is 3. The summed E-state index contributed by atoms with van der Waals surface area (Å²) in [5.74, 6) is 1.85. The van der Waals surface area contributed by atoms with Crippen molar-refractivity contribution in [2.75, 3.05) is 5.32 Å². The molecule has 29 heavy (non-hydrogen) atoms. The number of fused-ring (bicyclic) bond motifs is 2. The molecule has 2 aliphatic carbocycles. The Morgan fingerprint density at radius 2 is 1.83 bits per heavy atom. The van der Waals surface area contributed by atoms with E-state index in [9.17, 15) is 9.18 Å². The Balaban J connectivity index is 1.27. The van der Waals surface area contributed by atoms with E-state index in [0.717, 1.165) is 36.6 Å². The predicted molar refractivity (Wildman–Crippen MR) is 111 cm³/mol. The number of anilines is 1. The molecule has 4 atom stereocenters. The smallest absolute Gasteiger partial charge is 0.228 e. The minimum atomic E-state index is -0.225. The second kappa shape index (κ2) is 7.38. The van der Waals surface area contributed by atoms with Crippen molar-refractivity contribution in [2.45, 2.75) is 31.6 Å². The van der Waals surface area contributed by atoms with Crippen molar-refractivity contribution in [2.24, 2.45) is 17.8 Å². The average molecular weight is 410 g/mol. The van der Waals surface area contributed by atoms with E-state index in [-0.39, 0.29) is 17.6 Å². The molecule has 1 unspecified atom stereocenters. The Kier molecular flexibility index (Phi) is 4.70. The van der Waals surface area contributed by atoms with Crippen LogP contribution < -0.4 is 5.32 Å². The van der Waals surface area contributed by atoms with Crippen LogP contribution in [0.1, 0.15) is 37.2 Å². The number of carbonyl (C=O) groups excluding carboxylic acids is 1. The van der Waals surface area contributed by atoms with Crippen LogP contribution in [0.3, 0.4) is 0 Å². The van der Waals surface area contributed by atoms with Gasteiger partial charge >= 0.3 is 0 Å². The van der Waals surface area contributed by atoms with Crippen LogP contribution in [0.25, 0.3) is 10.9 Å². The second-order valence-corrected chi connectivity index (χ2v) is 8.71. The first-order valence-corrected chi connectivity index (χ1v) is 10.4. The highest BCUT2D eigenvalue weighted by molar-refractivity contribution is 6.30. The number of pyridine rings is 2. The molecule has 2 saturated carbocycles. The minimum absolute atomic E-state index is 0.0232. The number of nitrogens with zero attached hydrogens (tertiary/aromatic N) is 2.